The third kappa shape index (κ3) is 1.35. The molecule has 0 fully saturated rings. The summed E-state index contributed by atoms with van der Waals surface area (Å²) < 4.78 is 0. The normalized spacial score (nSPS) is 10.4. The molecule has 1 heterocycles. The molecular formula is C10H11N3O. The Balaban J connectivity index is 2.78. The van der Waals surface area contributed by atoms with Crippen LogP contribution in [0, 0.1) is 0 Å². The molecule has 0 saturated heterocycles. The van der Waals surface area contributed by atoms with Crippen molar-refractivity contribution in [1.29, 1.82) is 0 Å². The number of hydrogen-bond donors (Lipinski definition) is 1. The van der Waals surface area contributed by atoms with Gasteiger partial charge in [-0.2, -0.15) is 0 Å². The zero-order valence-corrected chi connectivity index (χ0v) is 8.11. The van der Waals surface area contributed by atoms with Crippen LogP contribution < -0.4 is 10.5 Å². The highest BCUT2D eigenvalue weighted by molar-refractivity contribution is 5.75. The van der Waals surface area contributed by atoms with E-state index < -0.39 is 0 Å². The minimum atomic E-state index is -0.159. The fraction of sp³-hybridized carbons (Fsp3) is 0.200. The smallest absolute Gasteiger partial charge is 0.291 e. The topological polar surface area (TPSA) is 49.0 Å². The summed E-state index contributed by atoms with van der Waals surface area (Å²) >= 11 is 0. The van der Waals surface area contributed by atoms with Crippen molar-refractivity contribution in [2.45, 2.75) is 0 Å². The first-order chi connectivity index (χ1) is 6.68. The van der Waals surface area contributed by atoms with Crippen molar-refractivity contribution in [1.82, 2.24) is 9.97 Å². The Morgan fingerprint density at radius 2 is 2.00 bits per heavy atom. The molecule has 0 atom stereocenters. The number of rotatable bonds is 1. The van der Waals surface area contributed by atoms with Gasteiger partial charge in [-0.15, -0.1) is 0 Å². The van der Waals surface area contributed by atoms with E-state index >= 15 is 0 Å². The Kier molecular flexibility index (Phi) is 1.96. The van der Waals surface area contributed by atoms with E-state index in [1.54, 1.807) is 19.0 Å². The molecule has 0 saturated carbocycles. The van der Waals surface area contributed by atoms with Gasteiger partial charge in [-0.05, 0) is 12.1 Å². The molecule has 1 aromatic carbocycles. The lowest BCUT2D eigenvalue weighted by atomic mass is 10.3. The molecule has 4 heteroatoms. The average molecular weight is 189 g/mol. The summed E-state index contributed by atoms with van der Waals surface area (Å²) in [6.45, 7) is 0. The summed E-state index contributed by atoms with van der Waals surface area (Å²) in [4.78, 5) is 20.3. The number of fused-ring (bicyclic) bond motifs is 1. The molecule has 0 amide bonds. The monoisotopic (exact) mass is 189 g/mol. The number of nitrogens with one attached hydrogen (secondary N) is 1. The number of aromatic nitrogens is 2. The lowest BCUT2D eigenvalue weighted by molar-refractivity contribution is 1.04. The predicted molar refractivity (Wildman–Crippen MR) is 56.7 cm³/mol. The van der Waals surface area contributed by atoms with Gasteiger partial charge in [0.15, 0.2) is 5.82 Å². The molecule has 0 radical (unpaired) electrons. The van der Waals surface area contributed by atoms with Crippen molar-refractivity contribution < 1.29 is 0 Å². The van der Waals surface area contributed by atoms with Crippen molar-refractivity contribution in [3.8, 4) is 0 Å². The molecule has 0 unspecified atom stereocenters. The Morgan fingerprint density at radius 1 is 1.29 bits per heavy atom. The molecule has 2 rings (SSSR count). The number of anilines is 1. The van der Waals surface area contributed by atoms with Crippen LogP contribution in [0.25, 0.3) is 11.0 Å². The highest BCUT2D eigenvalue weighted by Crippen LogP contribution is 2.08. The van der Waals surface area contributed by atoms with Crippen molar-refractivity contribution in [2.24, 2.45) is 0 Å². The summed E-state index contributed by atoms with van der Waals surface area (Å²) in [6.07, 6.45) is 0. The third-order valence-electron chi connectivity index (χ3n) is 2.01. The van der Waals surface area contributed by atoms with Gasteiger partial charge in [-0.3, -0.25) is 4.79 Å². The van der Waals surface area contributed by atoms with Crippen LogP contribution in [0.1, 0.15) is 0 Å². The van der Waals surface area contributed by atoms with Crippen LogP contribution in [0.15, 0.2) is 29.1 Å². The number of benzene rings is 1. The van der Waals surface area contributed by atoms with E-state index in [0.29, 0.717) is 5.82 Å². The van der Waals surface area contributed by atoms with Gasteiger partial charge in [0.25, 0.3) is 5.56 Å². The van der Waals surface area contributed by atoms with E-state index in [1.165, 1.54) is 0 Å². The van der Waals surface area contributed by atoms with Crippen LogP contribution in [0.5, 0.6) is 0 Å². The van der Waals surface area contributed by atoms with E-state index in [1.807, 2.05) is 24.3 Å². The number of hydrogen-bond acceptors (Lipinski definition) is 3. The quantitative estimate of drug-likeness (QED) is 0.727. The van der Waals surface area contributed by atoms with Gasteiger partial charge in [0.2, 0.25) is 0 Å². The van der Waals surface area contributed by atoms with Gasteiger partial charge in [-0.1, -0.05) is 12.1 Å². The lowest BCUT2D eigenvalue weighted by Gasteiger charge is -2.09. The van der Waals surface area contributed by atoms with Gasteiger partial charge in [-0.25, -0.2) is 4.98 Å². The molecule has 0 aliphatic heterocycles. The van der Waals surface area contributed by atoms with Crippen LogP contribution in [-0.2, 0) is 0 Å². The maximum atomic E-state index is 11.5. The Hall–Kier alpha value is -1.84. The summed E-state index contributed by atoms with van der Waals surface area (Å²) in [5.74, 6) is 0.434. The standard InChI is InChI=1S/C10H11N3O/c1-13(2)9-10(14)12-8-6-4-3-5-7(8)11-9/h3-6H,1-2H3,(H,12,14). The molecule has 4 nitrogen and oxygen atoms in total. The van der Waals surface area contributed by atoms with Crippen molar-refractivity contribution >= 4 is 16.9 Å². The van der Waals surface area contributed by atoms with Crippen LogP contribution in [-0.4, -0.2) is 24.1 Å². The van der Waals surface area contributed by atoms with Crippen molar-refractivity contribution in [3.05, 3.63) is 34.6 Å². The summed E-state index contributed by atoms with van der Waals surface area (Å²) in [7, 11) is 3.60. The van der Waals surface area contributed by atoms with Crippen LogP contribution in [0.3, 0.4) is 0 Å². The molecule has 0 spiro atoms. The van der Waals surface area contributed by atoms with Gasteiger partial charge >= 0.3 is 0 Å². The summed E-state index contributed by atoms with van der Waals surface area (Å²) in [5.41, 5.74) is 1.41. The molecular weight excluding hydrogens is 178 g/mol. The fourth-order valence-electron chi connectivity index (χ4n) is 1.32. The van der Waals surface area contributed by atoms with Crippen LogP contribution in [0.4, 0.5) is 5.82 Å². The molecule has 0 aliphatic carbocycles. The largest absolute Gasteiger partial charge is 0.358 e. The zero-order chi connectivity index (χ0) is 10.1. The SMILES string of the molecule is CN(C)c1nc2ccccc2[nH]c1=O. The maximum Gasteiger partial charge on any atom is 0.291 e. The van der Waals surface area contributed by atoms with Crippen LogP contribution in [0.2, 0.25) is 0 Å². The first kappa shape index (κ1) is 8.74. The van der Waals surface area contributed by atoms with E-state index in [-0.39, 0.29) is 5.56 Å². The van der Waals surface area contributed by atoms with Crippen LogP contribution >= 0.6 is 0 Å². The summed E-state index contributed by atoms with van der Waals surface area (Å²) in [5, 5.41) is 0. The second-order valence-electron chi connectivity index (χ2n) is 3.30. The van der Waals surface area contributed by atoms with Gasteiger partial charge in [0, 0.05) is 14.1 Å². The lowest BCUT2D eigenvalue weighted by Crippen LogP contribution is -2.22. The highest BCUT2D eigenvalue weighted by atomic mass is 16.1. The zero-order valence-electron chi connectivity index (χ0n) is 8.11. The maximum absolute atomic E-state index is 11.5. The predicted octanol–water partition coefficient (Wildman–Crippen LogP) is 0.989. The first-order valence-corrected chi connectivity index (χ1v) is 4.35. The second-order valence-corrected chi connectivity index (χ2v) is 3.30. The number of para-hydroxylation sites is 2. The van der Waals surface area contributed by atoms with Crippen molar-refractivity contribution in [3.63, 3.8) is 0 Å². The second kappa shape index (κ2) is 3.14. The molecule has 72 valence electrons. The molecule has 14 heavy (non-hydrogen) atoms. The molecule has 0 aliphatic rings. The van der Waals surface area contributed by atoms with E-state index in [2.05, 4.69) is 9.97 Å². The summed E-state index contributed by atoms with van der Waals surface area (Å²) in [6, 6.07) is 7.48. The molecule has 0 bridgehead atoms. The van der Waals surface area contributed by atoms with Gasteiger partial charge in [0.05, 0.1) is 11.0 Å². The van der Waals surface area contributed by atoms with Crippen molar-refractivity contribution in [2.75, 3.05) is 19.0 Å². The molecule has 1 N–H and O–H groups in total. The number of aromatic amines is 1. The third-order valence-corrected chi connectivity index (χ3v) is 2.01. The minimum Gasteiger partial charge on any atom is -0.358 e. The Morgan fingerprint density at radius 3 is 2.71 bits per heavy atom. The van der Waals surface area contributed by atoms with E-state index in [0.717, 1.165) is 11.0 Å². The van der Waals surface area contributed by atoms with E-state index in [4.69, 9.17) is 0 Å². The first-order valence-electron chi connectivity index (χ1n) is 4.35. The number of nitrogens with zero attached hydrogens (tertiary/aromatic N) is 2. The van der Waals surface area contributed by atoms with Gasteiger partial charge in [0.1, 0.15) is 0 Å². The Bertz CT molecular complexity index is 516. The highest BCUT2D eigenvalue weighted by Gasteiger charge is 2.04. The fourth-order valence-corrected chi connectivity index (χ4v) is 1.32. The molecule has 1 aromatic heterocycles. The van der Waals surface area contributed by atoms with E-state index in [9.17, 15) is 4.79 Å². The minimum absolute atomic E-state index is 0.159. The number of H-pyrrole nitrogens is 1. The Labute approximate surface area is 81.2 Å². The molecule has 2 aromatic rings. The van der Waals surface area contributed by atoms with Gasteiger partial charge < -0.3 is 9.88 Å². The average Bonchev–Trinajstić information content (AvgIpc) is 2.16.